The Bertz CT molecular complexity index is 89.3. The number of rotatable bonds is 5. The molecule has 0 unspecified atom stereocenters. The van der Waals surface area contributed by atoms with Crippen molar-refractivity contribution >= 4 is 0 Å². The zero-order valence-corrected chi connectivity index (χ0v) is 7.30. The molecule has 0 spiro atoms. The van der Waals surface area contributed by atoms with Gasteiger partial charge >= 0.3 is 0 Å². The lowest BCUT2D eigenvalue weighted by Gasteiger charge is -2.19. The molecule has 2 nitrogen and oxygen atoms in total. The molecule has 0 N–H and O–H groups in total. The summed E-state index contributed by atoms with van der Waals surface area (Å²) < 4.78 is 0. The molecule has 0 aliphatic carbocycles. The largest absolute Gasteiger partial charge is 0.377 e. The molecule has 0 saturated heterocycles. The Hall–Kier alpha value is -0.500. The first kappa shape index (κ1) is 9.50. The Kier molecular flexibility index (Phi) is 5.03. The van der Waals surface area contributed by atoms with Crippen LogP contribution in [0, 0.1) is 0 Å². The molecule has 0 aromatic rings. The predicted molar refractivity (Wildman–Crippen MR) is 46.0 cm³/mol. The van der Waals surface area contributed by atoms with E-state index in [2.05, 4.69) is 37.4 Å². The summed E-state index contributed by atoms with van der Waals surface area (Å²) in [6, 6.07) is 0. The van der Waals surface area contributed by atoms with E-state index in [-0.39, 0.29) is 0 Å². The van der Waals surface area contributed by atoms with Crippen LogP contribution in [0.5, 0.6) is 0 Å². The highest BCUT2D eigenvalue weighted by Crippen LogP contribution is 1.87. The number of nitrogens with zero attached hydrogens (tertiary/aromatic N) is 2. The maximum absolute atomic E-state index is 3.72. The van der Waals surface area contributed by atoms with E-state index < -0.39 is 0 Å². The molecule has 0 rings (SSSR count). The summed E-state index contributed by atoms with van der Waals surface area (Å²) >= 11 is 0. The van der Waals surface area contributed by atoms with Crippen LogP contribution in [0.25, 0.3) is 0 Å². The van der Waals surface area contributed by atoms with Crippen molar-refractivity contribution in [1.29, 1.82) is 0 Å². The van der Waals surface area contributed by atoms with E-state index in [0.717, 1.165) is 19.6 Å². The normalized spacial score (nSPS) is 10.0. The van der Waals surface area contributed by atoms with Crippen molar-refractivity contribution in [3.8, 4) is 0 Å². The Morgan fingerprint density at radius 2 is 1.90 bits per heavy atom. The predicted octanol–water partition coefficient (Wildman–Crippen LogP) is 1.01. The minimum atomic E-state index is 1.05. The van der Waals surface area contributed by atoms with Crippen molar-refractivity contribution in [2.24, 2.45) is 0 Å². The van der Waals surface area contributed by atoms with Gasteiger partial charge in [-0.15, -0.1) is 0 Å². The zero-order chi connectivity index (χ0) is 7.98. The van der Waals surface area contributed by atoms with E-state index >= 15 is 0 Å². The Balaban J connectivity index is 3.34. The van der Waals surface area contributed by atoms with Crippen molar-refractivity contribution in [3.05, 3.63) is 12.8 Å². The fraction of sp³-hybridized carbons (Fsp3) is 0.750. The van der Waals surface area contributed by atoms with Gasteiger partial charge in [0.25, 0.3) is 0 Å². The molecule has 0 aromatic carbocycles. The molecule has 0 radical (unpaired) electrons. The Morgan fingerprint density at radius 3 is 2.20 bits per heavy atom. The van der Waals surface area contributed by atoms with E-state index in [1.54, 1.807) is 0 Å². The molecule has 0 aromatic heterocycles. The van der Waals surface area contributed by atoms with Gasteiger partial charge in [0.15, 0.2) is 0 Å². The Labute approximate surface area is 64.1 Å². The average molecular weight is 142 g/mol. The summed E-state index contributed by atoms with van der Waals surface area (Å²) in [6.45, 7) is 9.08. The highest BCUT2D eigenvalue weighted by molar-refractivity contribution is 4.69. The minimum Gasteiger partial charge on any atom is -0.377 e. The van der Waals surface area contributed by atoms with E-state index in [9.17, 15) is 0 Å². The highest BCUT2D eigenvalue weighted by atomic mass is 15.1. The molecular weight excluding hydrogens is 124 g/mol. The monoisotopic (exact) mass is 142 g/mol. The van der Waals surface area contributed by atoms with Crippen LogP contribution in [0.15, 0.2) is 12.8 Å². The molecule has 10 heavy (non-hydrogen) atoms. The quantitative estimate of drug-likeness (QED) is 0.565. The van der Waals surface area contributed by atoms with E-state index in [1.165, 1.54) is 0 Å². The smallest absolute Gasteiger partial charge is 0.0299 e. The molecule has 0 bridgehead atoms. The summed E-state index contributed by atoms with van der Waals surface area (Å²) in [6.07, 6.45) is 1.89. The van der Waals surface area contributed by atoms with Crippen LogP contribution in [0.1, 0.15) is 6.92 Å². The second kappa shape index (κ2) is 5.30. The van der Waals surface area contributed by atoms with Crippen molar-refractivity contribution in [1.82, 2.24) is 9.80 Å². The summed E-state index contributed by atoms with van der Waals surface area (Å²) in [5.41, 5.74) is 0. The van der Waals surface area contributed by atoms with Crippen molar-refractivity contribution < 1.29 is 0 Å². The third-order valence-electron chi connectivity index (χ3n) is 1.50. The van der Waals surface area contributed by atoms with E-state index in [4.69, 9.17) is 0 Å². The number of hydrogen-bond acceptors (Lipinski definition) is 2. The molecule has 0 amide bonds. The first-order valence-corrected chi connectivity index (χ1v) is 3.72. The first-order chi connectivity index (χ1) is 4.70. The van der Waals surface area contributed by atoms with Crippen molar-refractivity contribution in [3.63, 3.8) is 0 Å². The SMILES string of the molecule is C=CN(CC)CCN(C)C. The first-order valence-electron chi connectivity index (χ1n) is 3.72. The Morgan fingerprint density at radius 1 is 1.30 bits per heavy atom. The van der Waals surface area contributed by atoms with Gasteiger partial charge in [-0.05, 0) is 27.2 Å². The third-order valence-corrected chi connectivity index (χ3v) is 1.50. The van der Waals surface area contributed by atoms with Gasteiger partial charge in [-0.2, -0.15) is 0 Å². The van der Waals surface area contributed by atoms with Gasteiger partial charge in [0, 0.05) is 19.6 Å². The third kappa shape index (κ3) is 4.39. The molecule has 60 valence electrons. The van der Waals surface area contributed by atoms with E-state index in [1.807, 2.05) is 6.20 Å². The average Bonchev–Trinajstić information content (AvgIpc) is 1.90. The summed E-state index contributed by atoms with van der Waals surface area (Å²) in [5.74, 6) is 0. The van der Waals surface area contributed by atoms with Crippen LogP contribution in [0.3, 0.4) is 0 Å². The van der Waals surface area contributed by atoms with Crippen molar-refractivity contribution in [2.45, 2.75) is 6.92 Å². The molecular formula is C8H18N2. The van der Waals surface area contributed by atoms with Gasteiger partial charge in [-0.3, -0.25) is 0 Å². The van der Waals surface area contributed by atoms with Crippen LogP contribution in [-0.4, -0.2) is 43.5 Å². The standard InChI is InChI=1S/C8H18N2/c1-5-10(6-2)8-7-9(3)4/h5H,1,6-8H2,2-4H3. The second-order valence-corrected chi connectivity index (χ2v) is 2.61. The molecule has 0 aliphatic heterocycles. The maximum atomic E-state index is 3.72. The van der Waals surface area contributed by atoms with Gasteiger partial charge in [0.05, 0.1) is 0 Å². The van der Waals surface area contributed by atoms with Gasteiger partial charge in [-0.25, -0.2) is 0 Å². The van der Waals surface area contributed by atoms with Gasteiger partial charge in [0.1, 0.15) is 0 Å². The van der Waals surface area contributed by atoms with Gasteiger partial charge in [-0.1, -0.05) is 6.58 Å². The fourth-order valence-electron chi connectivity index (χ4n) is 0.707. The molecule has 0 heterocycles. The zero-order valence-electron chi connectivity index (χ0n) is 7.30. The molecule has 0 saturated carbocycles. The highest BCUT2D eigenvalue weighted by Gasteiger charge is 1.94. The lowest BCUT2D eigenvalue weighted by molar-refractivity contribution is 0.317. The lowest BCUT2D eigenvalue weighted by Crippen LogP contribution is -2.27. The van der Waals surface area contributed by atoms with E-state index in [0.29, 0.717) is 0 Å². The van der Waals surface area contributed by atoms with Gasteiger partial charge < -0.3 is 9.80 Å². The number of likely N-dealkylation sites (N-methyl/N-ethyl adjacent to an activating group) is 2. The van der Waals surface area contributed by atoms with Crippen LogP contribution in [-0.2, 0) is 0 Å². The summed E-state index contributed by atoms with van der Waals surface area (Å²) in [7, 11) is 4.16. The van der Waals surface area contributed by atoms with Crippen LogP contribution < -0.4 is 0 Å². The molecule has 0 atom stereocenters. The number of hydrogen-bond donors (Lipinski definition) is 0. The molecule has 2 heteroatoms. The summed E-state index contributed by atoms with van der Waals surface area (Å²) in [5, 5.41) is 0. The summed E-state index contributed by atoms with van der Waals surface area (Å²) in [4.78, 5) is 4.37. The van der Waals surface area contributed by atoms with Gasteiger partial charge in [0.2, 0.25) is 0 Å². The van der Waals surface area contributed by atoms with Crippen molar-refractivity contribution in [2.75, 3.05) is 33.7 Å². The maximum Gasteiger partial charge on any atom is 0.0299 e. The molecule has 0 aliphatic rings. The second-order valence-electron chi connectivity index (χ2n) is 2.61. The fourth-order valence-corrected chi connectivity index (χ4v) is 0.707. The minimum absolute atomic E-state index is 1.05. The molecule has 0 fully saturated rings. The van der Waals surface area contributed by atoms with Crippen LogP contribution in [0.4, 0.5) is 0 Å². The topological polar surface area (TPSA) is 6.48 Å². The van der Waals surface area contributed by atoms with Crippen LogP contribution >= 0.6 is 0 Å². The van der Waals surface area contributed by atoms with Crippen LogP contribution in [0.2, 0.25) is 0 Å². The lowest BCUT2D eigenvalue weighted by atomic mass is 10.5.